The van der Waals surface area contributed by atoms with Crippen LogP contribution in [0.25, 0.3) is 0 Å². The van der Waals surface area contributed by atoms with E-state index in [-0.39, 0.29) is 17.3 Å². The lowest BCUT2D eigenvalue weighted by atomic mass is 10.1. The average Bonchev–Trinajstić information content (AvgIpc) is 2.87. The predicted molar refractivity (Wildman–Crippen MR) is 138 cm³/mol. The molecule has 0 saturated heterocycles. The molecule has 1 atom stereocenters. The van der Waals surface area contributed by atoms with E-state index < -0.39 is 28.5 Å². The third-order valence-corrected chi connectivity index (χ3v) is 7.63. The number of hydrogen-bond donors (Lipinski definition) is 1. The Bertz CT molecular complexity index is 1250. The molecule has 0 bridgehead atoms. The molecule has 3 aromatic rings. The molecule has 0 aliphatic carbocycles. The molecule has 1 unspecified atom stereocenters. The van der Waals surface area contributed by atoms with Crippen LogP contribution in [0.2, 0.25) is 5.02 Å². The van der Waals surface area contributed by atoms with Gasteiger partial charge in [0.2, 0.25) is 11.8 Å². The van der Waals surface area contributed by atoms with Gasteiger partial charge >= 0.3 is 0 Å². The van der Waals surface area contributed by atoms with Crippen LogP contribution in [-0.4, -0.2) is 44.3 Å². The minimum Gasteiger partial charge on any atom is -0.355 e. The number of halogens is 1. The van der Waals surface area contributed by atoms with E-state index in [0.717, 1.165) is 4.31 Å². The van der Waals surface area contributed by atoms with Gasteiger partial charge < -0.3 is 10.2 Å². The molecule has 0 fully saturated rings. The molecule has 7 nitrogen and oxygen atoms in total. The zero-order valence-corrected chi connectivity index (χ0v) is 21.2. The molecule has 35 heavy (non-hydrogen) atoms. The van der Waals surface area contributed by atoms with Gasteiger partial charge in [-0.25, -0.2) is 8.42 Å². The summed E-state index contributed by atoms with van der Waals surface area (Å²) in [7, 11) is -4.06. The Labute approximate surface area is 211 Å². The normalized spacial score (nSPS) is 12.0. The Balaban J connectivity index is 2.00. The SMILES string of the molecule is CCNC(=O)C(C)N(Cc1ccccc1Cl)C(=O)CN(c1ccccc1)S(=O)(=O)c1ccccc1. The number of sulfonamides is 1. The number of carbonyl (C=O) groups excluding carboxylic acids is 2. The molecule has 0 aliphatic heterocycles. The van der Waals surface area contributed by atoms with E-state index in [0.29, 0.717) is 22.8 Å². The van der Waals surface area contributed by atoms with Crippen molar-refractivity contribution in [2.45, 2.75) is 31.3 Å². The monoisotopic (exact) mass is 513 g/mol. The third-order valence-electron chi connectivity index (χ3n) is 5.47. The van der Waals surface area contributed by atoms with Crippen LogP contribution in [0, 0.1) is 0 Å². The molecule has 0 aromatic heterocycles. The Morgan fingerprint density at radius 2 is 1.49 bits per heavy atom. The number of para-hydroxylation sites is 1. The summed E-state index contributed by atoms with van der Waals surface area (Å²) in [4.78, 5) is 27.7. The van der Waals surface area contributed by atoms with Crippen LogP contribution in [0.15, 0.2) is 89.8 Å². The van der Waals surface area contributed by atoms with Crippen molar-refractivity contribution in [3.05, 3.63) is 95.5 Å². The summed E-state index contributed by atoms with van der Waals surface area (Å²) in [5, 5.41) is 3.17. The maximum atomic E-state index is 13.7. The minimum atomic E-state index is -4.06. The van der Waals surface area contributed by atoms with Crippen molar-refractivity contribution in [1.82, 2.24) is 10.2 Å². The second-order valence-corrected chi connectivity index (χ2v) is 10.1. The molecular weight excluding hydrogens is 486 g/mol. The number of carbonyl (C=O) groups is 2. The largest absolute Gasteiger partial charge is 0.355 e. The van der Waals surface area contributed by atoms with Crippen molar-refractivity contribution >= 4 is 39.1 Å². The summed E-state index contributed by atoms with van der Waals surface area (Å²) >= 11 is 6.33. The fourth-order valence-corrected chi connectivity index (χ4v) is 5.19. The van der Waals surface area contributed by atoms with Crippen molar-refractivity contribution in [1.29, 1.82) is 0 Å². The first-order valence-corrected chi connectivity index (χ1v) is 13.0. The van der Waals surface area contributed by atoms with Crippen LogP contribution in [0.3, 0.4) is 0 Å². The topological polar surface area (TPSA) is 86.8 Å². The summed E-state index contributed by atoms with van der Waals surface area (Å²) in [6.45, 7) is 3.35. The first kappa shape index (κ1) is 26.2. The second-order valence-electron chi connectivity index (χ2n) is 7.84. The predicted octanol–water partition coefficient (Wildman–Crippen LogP) is 4.09. The summed E-state index contributed by atoms with van der Waals surface area (Å²) < 4.78 is 28.2. The number of benzene rings is 3. The molecule has 184 valence electrons. The van der Waals surface area contributed by atoms with Gasteiger partial charge in [-0.2, -0.15) is 0 Å². The molecule has 0 heterocycles. The molecule has 0 spiro atoms. The zero-order chi connectivity index (χ0) is 25.4. The standard InChI is InChI=1S/C26H28ClN3O4S/c1-3-28-26(32)20(2)29(18-21-12-10-11-17-24(21)27)25(31)19-30(22-13-6-4-7-14-22)35(33,34)23-15-8-5-9-16-23/h4-17,20H,3,18-19H2,1-2H3,(H,28,32). The molecule has 0 saturated carbocycles. The van der Waals surface area contributed by atoms with Crippen LogP contribution < -0.4 is 9.62 Å². The highest BCUT2D eigenvalue weighted by atomic mass is 35.5. The highest BCUT2D eigenvalue weighted by molar-refractivity contribution is 7.92. The van der Waals surface area contributed by atoms with Crippen molar-refractivity contribution in [3.8, 4) is 0 Å². The van der Waals surface area contributed by atoms with Crippen LogP contribution in [0.5, 0.6) is 0 Å². The maximum absolute atomic E-state index is 13.7. The van der Waals surface area contributed by atoms with E-state index in [1.807, 2.05) is 0 Å². The Kier molecular flexibility index (Phi) is 8.89. The van der Waals surface area contributed by atoms with Crippen molar-refractivity contribution in [2.75, 3.05) is 17.4 Å². The number of hydrogen-bond acceptors (Lipinski definition) is 4. The number of nitrogens with one attached hydrogen (secondary N) is 1. The lowest BCUT2D eigenvalue weighted by Crippen LogP contribution is -2.51. The Morgan fingerprint density at radius 3 is 2.09 bits per heavy atom. The molecule has 0 aliphatic rings. The fourth-order valence-electron chi connectivity index (χ4n) is 3.56. The summed E-state index contributed by atoms with van der Waals surface area (Å²) in [6, 6.07) is 22.5. The van der Waals surface area contributed by atoms with Gasteiger partial charge in [0, 0.05) is 18.1 Å². The van der Waals surface area contributed by atoms with E-state index in [4.69, 9.17) is 11.6 Å². The molecule has 3 rings (SSSR count). The van der Waals surface area contributed by atoms with Gasteiger partial charge in [-0.05, 0) is 49.7 Å². The molecule has 1 N–H and O–H groups in total. The van der Waals surface area contributed by atoms with Gasteiger partial charge in [0.15, 0.2) is 0 Å². The second kappa shape index (κ2) is 11.9. The van der Waals surface area contributed by atoms with Crippen LogP contribution >= 0.6 is 11.6 Å². The van der Waals surface area contributed by atoms with Crippen LogP contribution in [-0.2, 0) is 26.2 Å². The van der Waals surface area contributed by atoms with Gasteiger partial charge in [0.05, 0.1) is 10.6 Å². The molecular formula is C26H28ClN3O4S. The van der Waals surface area contributed by atoms with E-state index in [2.05, 4.69) is 5.32 Å². The smallest absolute Gasteiger partial charge is 0.264 e. The van der Waals surface area contributed by atoms with Crippen molar-refractivity contribution in [2.24, 2.45) is 0 Å². The Morgan fingerprint density at radius 1 is 0.914 bits per heavy atom. The van der Waals surface area contributed by atoms with Gasteiger partial charge in [0.1, 0.15) is 12.6 Å². The summed E-state index contributed by atoms with van der Waals surface area (Å²) in [5.41, 5.74) is 0.990. The quantitative estimate of drug-likeness (QED) is 0.442. The van der Waals surface area contributed by atoms with Gasteiger partial charge in [-0.15, -0.1) is 0 Å². The molecule has 9 heteroatoms. The van der Waals surface area contributed by atoms with Crippen molar-refractivity contribution in [3.63, 3.8) is 0 Å². The average molecular weight is 514 g/mol. The fraction of sp³-hybridized carbons (Fsp3) is 0.231. The van der Waals surface area contributed by atoms with Gasteiger partial charge in [0.25, 0.3) is 10.0 Å². The minimum absolute atomic E-state index is 0.0465. The lowest BCUT2D eigenvalue weighted by molar-refractivity contribution is -0.139. The summed E-state index contributed by atoms with van der Waals surface area (Å²) in [5.74, 6) is -0.878. The number of rotatable bonds is 10. The van der Waals surface area contributed by atoms with E-state index in [9.17, 15) is 18.0 Å². The number of likely N-dealkylation sites (N-methyl/N-ethyl adjacent to an activating group) is 1. The zero-order valence-electron chi connectivity index (χ0n) is 19.6. The third kappa shape index (κ3) is 6.41. The van der Waals surface area contributed by atoms with Crippen molar-refractivity contribution < 1.29 is 18.0 Å². The summed E-state index contributed by atoms with van der Waals surface area (Å²) in [6.07, 6.45) is 0. The van der Waals surface area contributed by atoms with Gasteiger partial charge in [-0.1, -0.05) is 66.2 Å². The van der Waals surface area contributed by atoms with E-state index in [1.165, 1.54) is 17.0 Å². The molecule has 2 amide bonds. The van der Waals surface area contributed by atoms with Gasteiger partial charge in [-0.3, -0.25) is 13.9 Å². The maximum Gasteiger partial charge on any atom is 0.264 e. The van der Waals surface area contributed by atoms with Crippen LogP contribution in [0.4, 0.5) is 5.69 Å². The molecule has 0 radical (unpaired) electrons. The number of amides is 2. The highest BCUT2D eigenvalue weighted by Crippen LogP contribution is 2.25. The van der Waals surface area contributed by atoms with E-state index in [1.54, 1.807) is 86.6 Å². The first-order valence-electron chi connectivity index (χ1n) is 11.2. The Hall–Kier alpha value is -3.36. The lowest BCUT2D eigenvalue weighted by Gasteiger charge is -2.32. The highest BCUT2D eigenvalue weighted by Gasteiger charge is 2.32. The number of nitrogens with zero attached hydrogens (tertiary/aromatic N) is 2. The molecule has 3 aromatic carbocycles. The van der Waals surface area contributed by atoms with Crippen LogP contribution in [0.1, 0.15) is 19.4 Å². The first-order chi connectivity index (χ1) is 16.8. The van der Waals surface area contributed by atoms with E-state index >= 15 is 0 Å². The number of anilines is 1.